The van der Waals surface area contributed by atoms with Gasteiger partial charge in [-0.1, -0.05) is 25.9 Å². The Morgan fingerprint density at radius 1 is 1.38 bits per heavy atom. The predicted molar refractivity (Wildman–Crippen MR) is 60.6 cm³/mol. The van der Waals surface area contributed by atoms with E-state index in [0.29, 0.717) is 24.7 Å². The van der Waals surface area contributed by atoms with Crippen molar-refractivity contribution in [3.63, 3.8) is 0 Å². The molecule has 0 N–H and O–H groups in total. The van der Waals surface area contributed by atoms with Crippen LogP contribution in [0, 0.1) is 23.2 Å². The van der Waals surface area contributed by atoms with E-state index in [1.54, 1.807) is 0 Å². The quantitative estimate of drug-likeness (QED) is 0.741. The molecule has 1 rings (SSSR count). The lowest BCUT2D eigenvalue weighted by Gasteiger charge is -2.00. The first kappa shape index (κ1) is 12.7. The minimum atomic E-state index is 0.281. The summed E-state index contributed by atoms with van der Waals surface area (Å²) in [7, 11) is 0. The standard InChI is InChI=1S/C12H19N3O/c1-9(2)4-5-11-14-12(16-15-11)8-10(3)6-7-13/h9-10H,4-6,8H2,1-3H3. The summed E-state index contributed by atoms with van der Waals surface area (Å²) in [5, 5.41) is 12.5. The first-order valence-corrected chi connectivity index (χ1v) is 5.80. The van der Waals surface area contributed by atoms with Gasteiger partial charge < -0.3 is 4.52 Å². The van der Waals surface area contributed by atoms with Crippen molar-refractivity contribution in [3.05, 3.63) is 11.7 Å². The zero-order chi connectivity index (χ0) is 12.0. The Morgan fingerprint density at radius 2 is 2.12 bits per heavy atom. The number of aromatic nitrogens is 2. The normalized spacial score (nSPS) is 12.7. The van der Waals surface area contributed by atoms with Crippen molar-refractivity contribution in [2.75, 3.05) is 0 Å². The molecule has 1 atom stereocenters. The fraction of sp³-hybridized carbons (Fsp3) is 0.750. The molecule has 0 aromatic carbocycles. The van der Waals surface area contributed by atoms with Crippen molar-refractivity contribution in [1.29, 1.82) is 5.26 Å². The Labute approximate surface area is 96.7 Å². The summed E-state index contributed by atoms with van der Waals surface area (Å²) in [5.74, 6) is 2.37. The van der Waals surface area contributed by atoms with Crippen LogP contribution < -0.4 is 0 Å². The fourth-order valence-corrected chi connectivity index (χ4v) is 1.42. The molecule has 1 aromatic rings. The van der Waals surface area contributed by atoms with E-state index < -0.39 is 0 Å². The Kier molecular flexibility index (Phi) is 4.97. The average Bonchev–Trinajstić information content (AvgIpc) is 2.63. The molecule has 1 unspecified atom stereocenters. The smallest absolute Gasteiger partial charge is 0.226 e. The van der Waals surface area contributed by atoms with Crippen LogP contribution in [0.3, 0.4) is 0 Å². The van der Waals surface area contributed by atoms with Crippen LogP contribution in [0.25, 0.3) is 0 Å². The highest BCUT2D eigenvalue weighted by molar-refractivity contribution is 4.89. The van der Waals surface area contributed by atoms with E-state index in [9.17, 15) is 0 Å². The first-order valence-electron chi connectivity index (χ1n) is 5.80. The van der Waals surface area contributed by atoms with Gasteiger partial charge in [-0.15, -0.1) is 0 Å². The van der Waals surface area contributed by atoms with Crippen molar-refractivity contribution in [2.45, 2.75) is 46.5 Å². The van der Waals surface area contributed by atoms with Crippen molar-refractivity contribution in [3.8, 4) is 6.07 Å². The highest BCUT2D eigenvalue weighted by atomic mass is 16.5. The molecule has 0 fully saturated rings. The van der Waals surface area contributed by atoms with Crippen LogP contribution in [-0.4, -0.2) is 10.1 Å². The van der Waals surface area contributed by atoms with Gasteiger partial charge in [0.05, 0.1) is 6.07 Å². The largest absolute Gasteiger partial charge is 0.339 e. The van der Waals surface area contributed by atoms with E-state index in [1.165, 1.54) is 0 Å². The average molecular weight is 221 g/mol. The minimum Gasteiger partial charge on any atom is -0.339 e. The Morgan fingerprint density at radius 3 is 2.75 bits per heavy atom. The Balaban J connectivity index is 2.42. The molecule has 0 radical (unpaired) electrons. The van der Waals surface area contributed by atoms with Crippen LogP contribution in [0.15, 0.2) is 4.52 Å². The van der Waals surface area contributed by atoms with Gasteiger partial charge in [-0.25, -0.2) is 0 Å². The zero-order valence-corrected chi connectivity index (χ0v) is 10.2. The number of hydrogen-bond acceptors (Lipinski definition) is 4. The van der Waals surface area contributed by atoms with Crippen molar-refractivity contribution >= 4 is 0 Å². The van der Waals surface area contributed by atoms with E-state index in [1.807, 2.05) is 6.92 Å². The third kappa shape index (κ3) is 4.43. The highest BCUT2D eigenvalue weighted by Gasteiger charge is 2.10. The predicted octanol–water partition coefficient (Wildman–Crippen LogP) is 2.75. The van der Waals surface area contributed by atoms with Gasteiger partial charge in [-0.2, -0.15) is 10.2 Å². The molecule has 0 saturated heterocycles. The molecular weight excluding hydrogens is 202 g/mol. The summed E-state index contributed by atoms with van der Waals surface area (Å²) >= 11 is 0. The minimum absolute atomic E-state index is 0.281. The second-order valence-corrected chi connectivity index (χ2v) is 4.71. The van der Waals surface area contributed by atoms with Gasteiger partial charge in [0.2, 0.25) is 5.89 Å². The Bertz CT molecular complexity index is 351. The molecular formula is C12H19N3O. The summed E-state index contributed by atoms with van der Waals surface area (Å²) in [6, 6.07) is 2.14. The topological polar surface area (TPSA) is 62.7 Å². The maximum Gasteiger partial charge on any atom is 0.226 e. The molecule has 0 spiro atoms. The maximum atomic E-state index is 8.55. The second kappa shape index (κ2) is 6.26. The number of nitrogens with zero attached hydrogens (tertiary/aromatic N) is 3. The van der Waals surface area contributed by atoms with E-state index in [2.05, 4.69) is 30.1 Å². The van der Waals surface area contributed by atoms with E-state index in [-0.39, 0.29) is 5.92 Å². The first-order chi connectivity index (χ1) is 7.61. The molecule has 4 heteroatoms. The lowest BCUT2D eigenvalue weighted by atomic mass is 10.1. The summed E-state index contributed by atoms with van der Waals surface area (Å²) in [6.45, 7) is 6.37. The molecule has 1 heterocycles. The van der Waals surface area contributed by atoms with Crippen LogP contribution in [0.5, 0.6) is 0 Å². The van der Waals surface area contributed by atoms with E-state index in [0.717, 1.165) is 18.7 Å². The van der Waals surface area contributed by atoms with Gasteiger partial charge in [0, 0.05) is 19.3 Å². The van der Waals surface area contributed by atoms with Crippen LogP contribution in [0.4, 0.5) is 0 Å². The number of aryl methyl sites for hydroxylation is 1. The molecule has 0 amide bonds. The highest BCUT2D eigenvalue weighted by Crippen LogP contribution is 2.11. The molecule has 4 nitrogen and oxygen atoms in total. The van der Waals surface area contributed by atoms with Crippen LogP contribution in [-0.2, 0) is 12.8 Å². The third-order valence-corrected chi connectivity index (χ3v) is 2.42. The second-order valence-electron chi connectivity index (χ2n) is 4.71. The lowest BCUT2D eigenvalue weighted by molar-refractivity contribution is 0.354. The van der Waals surface area contributed by atoms with Crippen molar-refractivity contribution < 1.29 is 4.52 Å². The van der Waals surface area contributed by atoms with Gasteiger partial charge in [-0.3, -0.25) is 0 Å². The molecule has 88 valence electrons. The van der Waals surface area contributed by atoms with Crippen LogP contribution >= 0.6 is 0 Å². The lowest BCUT2D eigenvalue weighted by Crippen LogP contribution is -1.99. The number of nitriles is 1. The van der Waals surface area contributed by atoms with Gasteiger partial charge in [-0.05, 0) is 18.3 Å². The van der Waals surface area contributed by atoms with Crippen LogP contribution in [0.2, 0.25) is 0 Å². The molecule has 0 bridgehead atoms. The van der Waals surface area contributed by atoms with Crippen molar-refractivity contribution in [1.82, 2.24) is 10.1 Å². The molecule has 1 aromatic heterocycles. The summed E-state index contributed by atoms with van der Waals surface area (Å²) in [4.78, 5) is 4.32. The van der Waals surface area contributed by atoms with E-state index >= 15 is 0 Å². The molecule has 0 aliphatic carbocycles. The summed E-state index contributed by atoms with van der Waals surface area (Å²) < 4.78 is 5.14. The molecule has 0 aliphatic rings. The maximum absolute atomic E-state index is 8.55. The van der Waals surface area contributed by atoms with Gasteiger partial charge in [0.15, 0.2) is 5.82 Å². The third-order valence-electron chi connectivity index (χ3n) is 2.42. The van der Waals surface area contributed by atoms with Gasteiger partial charge >= 0.3 is 0 Å². The van der Waals surface area contributed by atoms with Crippen molar-refractivity contribution in [2.24, 2.45) is 11.8 Å². The summed E-state index contributed by atoms with van der Waals surface area (Å²) in [6.07, 6.45) is 3.17. The molecule has 0 saturated carbocycles. The monoisotopic (exact) mass is 221 g/mol. The SMILES string of the molecule is CC(C)CCc1noc(CC(C)CC#N)n1. The van der Waals surface area contributed by atoms with Gasteiger partial charge in [0.25, 0.3) is 0 Å². The van der Waals surface area contributed by atoms with Crippen LogP contribution in [0.1, 0.15) is 45.3 Å². The molecule has 16 heavy (non-hydrogen) atoms. The fourth-order valence-electron chi connectivity index (χ4n) is 1.42. The van der Waals surface area contributed by atoms with E-state index in [4.69, 9.17) is 9.78 Å². The Hall–Kier alpha value is -1.37. The number of hydrogen-bond donors (Lipinski definition) is 0. The number of rotatable bonds is 6. The van der Waals surface area contributed by atoms with Gasteiger partial charge in [0.1, 0.15) is 0 Å². The zero-order valence-electron chi connectivity index (χ0n) is 10.2. The molecule has 0 aliphatic heterocycles. The summed E-state index contributed by atoms with van der Waals surface area (Å²) in [5.41, 5.74) is 0.